The van der Waals surface area contributed by atoms with Gasteiger partial charge in [0, 0.05) is 13.0 Å². The molecule has 0 aromatic heterocycles. The highest BCUT2D eigenvalue weighted by molar-refractivity contribution is 7.89. The van der Waals surface area contributed by atoms with Crippen molar-refractivity contribution in [3.05, 3.63) is 29.3 Å². The van der Waals surface area contributed by atoms with Crippen LogP contribution in [0.1, 0.15) is 24.5 Å². The van der Waals surface area contributed by atoms with Gasteiger partial charge in [-0.25, -0.2) is 8.42 Å². The molecule has 1 heterocycles. The number of aryl methyl sites for hydroxylation is 2. The summed E-state index contributed by atoms with van der Waals surface area (Å²) < 4.78 is 31.6. The Morgan fingerprint density at radius 2 is 1.96 bits per heavy atom. The van der Waals surface area contributed by atoms with Gasteiger partial charge in [-0.1, -0.05) is 6.07 Å². The molecule has 0 saturated carbocycles. The molecule has 1 aromatic rings. The summed E-state index contributed by atoms with van der Waals surface area (Å²) in [6.07, 6.45) is -2.28. The first-order chi connectivity index (χ1) is 11.5. The Balaban J connectivity index is 2.32. The summed E-state index contributed by atoms with van der Waals surface area (Å²) in [5, 5.41) is 9.87. The summed E-state index contributed by atoms with van der Waals surface area (Å²) in [4.78, 5) is 23.3. The number of esters is 1. The number of amides is 1. The van der Waals surface area contributed by atoms with Crippen LogP contribution in [-0.4, -0.2) is 54.5 Å². The van der Waals surface area contributed by atoms with Crippen LogP contribution in [0.2, 0.25) is 0 Å². The van der Waals surface area contributed by atoms with Gasteiger partial charge >= 0.3 is 5.97 Å². The van der Waals surface area contributed by atoms with E-state index >= 15 is 0 Å². The van der Waals surface area contributed by atoms with Gasteiger partial charge in [0.25, 0.3) is 5.91 Å². The number of nitrogens with zero attached hydrogens (tertiary/aromatic N) is 1. The number of sulfonamides is 1. The number of ether oxygens (including phenoxy) is 1. The van der Waals surface area contributed by atoms with Crippen LogP contribution in [0.3, 0.4) is 0 Å². The van der Waals surface area contributed by atoms with E-state index in [0.717, 1.165) is 15.4 Å². The lowest BCUT2D eigenvalue weighted by atomic mass is 10.1. The van der Waals surface area contributed by atoms with E-state index in [4.69, 9.17) is 10.5 Å². The van der Waals surface area contributed by atoms with Crippen molar-refractivity contribution < 1.29 is 27.9 Å². The maximum atomic E-state index is 12.9. The third kappa shape index (κ3) is 4.00. The normalized spacial score (nSPS) is 22.6. The standard InChI is InChI=1S/C16H22N2O6S/c1-9-4-5-13(6-10(9)2)25(22,23)18-8-12(19)7-14(18)16(21)24-11(3)15(17)20/h4-6,11-12,14,19H,7-8H2,1-3H3,(H2,17,20). The molecule has 1 fully saturated rings. The summed E-state index contributed by atoms with van der Waals surface area (Å²) in [6, 6.07) is 3.45. The van der Waals surface area contributed by atoms with Crippen molar-refractivity contribution in [1.29, 1.82) is 0 Å². The Morgan fingerprint density at radius 3 is 2.52 bits per heavy atom. The molecule has 3 unspecified atom stereocenters. The minimum absolute atomic E-state index is 0.0328. The number of β-amino-alcohol motifs (C(OH)–C–C–N with tert-alkyl or cyclic N) is 1. The monoisotopic (exact) mass is 370 g/mol. The Labute approximate surface area is 146 Å². The summed E-state index contributed by atoms with van der Waals surface area (Å²) in [6.45, 7) is 4.72. The predicted octanol–water partition coefficient (Wildman–Crippen LogP) is -0.156. The first kappa shape index (κ1) is 19.4. The van der Waals surface area contributed by atoms with E-state index < -0.39 is 40.1 Å². The predicted molar refractivity (Wildman–Crippen MR) is 89.0 cm³/mol. The fourth-order valence-electron chi connectivity index (χ4n) is 2.58. The number of nitrogens with two attached hydrogens (primary N) is 1. The third-order valence-corrected chi connectivity index (χ3v) is 6.15. The molecule has 0 spiro atoms. The second-order valence-corrected chi connectivity index (χ2v) is 8.10. The second kappa shape index (κ2) is 7.11. The maximum Gasteiger partial charge on any atom is 0.325 e. The lowest BCUT2D eigenvalue weighted by molar-refractivity contribution is -0.157. The molecule has 0 aliphatic carbocycles. The highest BCUT2D eigenvalue weighted by atomic mass is 32.2. The Kier molecular flexibility index (Phi) is 5.50. The Morgan fingerprint density at radius 1 is 1.32 bits per heavy atom. The van der Waals surface area contributed by atoms with E-state index in [0.29, 0.717) is 0 Å². The first-order valence-electron chi connectivity index (χ1n) is 7.81. The number of hydrogen-bond donors (Lipinski definition) is 2. The highest BCUT2D eigenvalue weighted by Crippen LogP contribution is 2.28. The second-order valence-electron chi connectivity index (χ2n) is 6.21. The van der Waals surface area contributed by atoms with E-state index in [-0.39, 0.29) is 17.9 Å². The lowest BCUT2D eigenvalue weighted by Gasteiger charge is -2.23. The summed E-state index contributed by atoms with van der Waals surface area (Å²) in [5.74, 6) is -1.74. The zero-order chi connectivity index (χ0) is 18.9. The SMILES string of the molecule is Cc1ccc(S(=O)(=O)N2CC(O)CC2C(=O)OC(C)C(N)=O)cc1C. The minimum Gasteiger partial charge on any atom is -0.451 e. The molecule has 9 heteroatoms. The van der Waals surface area contributed by atoms with Gasteiger partial charge in [-0.3, -0.25) is 9.59 Å². The quantitative estimate of drug-likeness (QED) is 0.694. The van der Waals surface area contributed by atoms with Crippen molar-refractivity contribution in [1.82, 2.24) is 4.31 Å². The van der Waals surface area contributed by atoms with Crippen LogP contribution < -0.4 is 5.73 Å². The molecule has 3 atom stereocenters. The number of carbonyl (C=O) groups excluding carboxylic acids is 2. The average Bonchev–Trinajstić information content (AvgIpc) is 2.92. The van der Waals surface area contributed by atoms with Gasteiger partial charge in [0.15, 0.2) is 6.10 Å². The van der Waals surface area contributed by atoms with Crippen molar-refractivity contribution in [2.75, 3.05) is 6.54 Å². The molecule has 1 aliphatic rings. The number of hydrogen-bond acceptors (Lipinski definition) is 6. The van der Waals surface area contributed by atoms with Gasteiger partial charge in [-0.05, 0) is 44.0 Å². The van der Waals surface area contributed by atoms with Crippen LogP contribution in [0.4, 0.5) is 0 Å². The molecular formula is C16H22N2O6S. The number of rotatable bonds is 5. The Hall–Kier alpha value is -1.97. The van der Waals surface area contributed by atoms with Gasteiger partial charge in [0.1, 0.15) is 6.04 Å². The van der Waals surface area contributed by atoms with Crippen LogP contribution in [0.15, 0.2) is 23.1 Å². The molecule has 138 valence electrons. The summed E-state index contributed by atoms with van der Waals surface area (Å²) in [5.41, 5.74) is 6.79. The molecular weight excluding hydrogens is 348 g/mol. The van der Waals surface area contributed by atoms with E-state index in [1.807, 2.05) is 6.92 Å². The highest BCUT2D eigenvalue weighted by Gasteiger charge is 2.45. The molecule has 1 aliphatic heterocycles. The van der Waals surface area contributed by atoms with Crippen LogP contribution in [0.25, 0.3) is 0 Å². The zero-order valence-corrected chi connectivity index (χ0v) is 15.1. The molecule has 1 amide bonds. The fraction of sp³-hybridized carbons (Fsp3) is 0.500. The van der Waals surface area contributed by atoms with Crippen molar-refractivity contribution in [3.8, 4) is 0 Å². The molecule has 0 radical (unpaired) electrons. The maximum absolute atomic E-state index is 12.9. The molecule has 1 saturated heterocycles. The Bertz CT molecular complexity index is 792. The smallest absolute Gasteiger partial charge is 0.325 e. The number of aliphatic hydroxyl groups is 1. The van der Waals surface area contributed by atoms with Gasteiger partial charge in [-0.2, -0.15) is 4.31 Å². The van der Waals surface area contributed by atoms with E-state index in [1.165, 1.54) is 19.1 Å². The summed E-state index contributed by atoms with van der Waals surface area (Å²) >= 11 is 0. The number of primary amides is 1. The van der Waals surface area contributed by atoms with Gasteiger partial charge < -0.3 is 15.6 Å². The lowest BCUT2D eigenvalue weighted by Crippen LogP contribution is -2.43. The topological polar surface area (TPSA) is 127 Å². The van der Waals surface area contributed by atoms with Gasteiger partial charge in [0.2, 0.25) is 10.0 Å². The molecule has 2 rings (SSSR count). The van der Waals surface area contributed by atoms with Crippen molar-refractivity contribution in [2.24, 2.45) is 5.73 Å². The molecule has 0 bridgehead atoms. The van der Waals surface area contributed by atoms with Crippen molar-refractivity contribution in [2.45, 2.75) is 50.3 Å². The fourth-order valence-corrected chi connectivity index (χ4v) is 4.30. The zero-order valence-electron chi connectivity index (χ0n) is 14.3. The summed E-state index contributed by atoms with van der Waals surface area (Å²) in [7, 11) is -4.00. The molecule has 1 aromatic carbocycles. The van der Waals surface area contributed by atoms with Crippen LogP contribution >= 0.6 is 0 Å². The molecule has 8 nitrogen and oxygen atoms in total. The molecule has 3 N–H and O–H groups in total. The number of carbonyl (C=O) groups is 2. The van der Waals surface area contributed by atoms with E-state index in [9.17, 15) is 23.1 Å². The third-order valence-electron chi connectivity index (χ3n) is 4.28. The molecule has 25 heavy (non-hydrogen) atoms. The van der Waals surface area contributed by atoms with Crippen LogP contribution in [0.5, 0.6) is 0 Å². The number of benzene rings is 1. The van der Waals surface area contributed by atoms with Crippen LogP contribution in [-0.2, 0) is 24.3 Å². The van der Waals surface area contributed by atoms with E-state index in [2.05, 4.69) is 0 Å². The number of aliphatic hydroxyl groups excluding tert-OH is 1. The minimum atomic E-state index is -4.00. The largest absolute Gasteiger partial charge is 0.451 e. The average molecular weight is 370 g/mol. The van der Waals surface area contributed by atoms with Gasteiger partial charge in [0.05, 0.1) is 11.0 Å². The van der Waals surface area contributed by atoms with E-state index in [1.54, 1.807) is 13.0 Å². The van der Waals surface area contributed by atoms with Gasteiger partial charge in [-0.15, -0.1) is 0 Å². The van der Waals surface area contributed by atoms with Crippen molar-refractivity contribution in [3.63, 3.8) is 0 Å². The first-order valence-corrected chi connectivity index (χ1v) is 9.25. The van der Waals surface area contributed by atoms with Crippen molar-refractivity contribution >= 4 is 21.9 Å². The van der Waals surface area contributed by atoms with Crippen LogP contribution in [0, 0.1) is 13.8 Å².